The summed E-state index contributed by atoms with van der Waals surface area (Å²) in [5.41, 5.74) is 7.33. The third-order valence-electron chi connectivity index (χ3n) is 2.45. The Morgan fingerprint density at radius 1 is 1.47 bits per heavy atom. The average Bonchev–Trinajstić information content (AvgIpc) is 2.19. The Kier molecular flexibility index (Phi) is 2.28. The van der Waals surface area contributed by atoms with Gasteiger partial charge in [0.25, 0.3) is 5.56 Å². The molecule has 2 rings (SSSR count). The molecule has 4 nitrogen and oxygen atoms in total. The normalized spacial score (nSPS) is 13.0. The number of hydrogen-bond donors (Lipinski definition) is 1. The number of rotatable bonds is 1. The van der Waals surface area contributed by atoms with Crippen molar-refractivity contribution < 1.29 is 0 Å². The van der Waals surface area contributed by atoms with Gasteiger partial charge >= 0.3 is 0 Å². The summed E-state index contributed by atoms with van der Waals surface area (Å²) < 4.78 is 1.43. The predicted molar refractivity (Wildman–Crippen MR) is 59.6 cm³/mol. The molecule has 2 N–H and O–H groups in total. The number of nitrogens with two attached hydrogens (primary N) is 1. The molecule has 1 unspecified atom stereocenters. The number of benzene rings is 1. The molecule has 0 saturated heterocycles. The maximum absolute atomic E-state index is 12.0. The molecule has 78 valence electrons. The van der Waals surface area contributed by atoms with Gasteiger partial charge in [0, 0.05) is 0 Å². The maximum Gasteiger partial charge on any atom is 0.262 e. The Hall–Kier alpha value is -1.68. The number of para-hydroxylation sites is 1. The fourth-order valence-corrected chi connectivity index (χ4v) is 1.60. The lowest BCUT2D eigenvalue weighted by Gasteiger charge is -2.10. The predicted octanol–water partition coefficient (Wildman–Crippen LogP) is 1.18. The van der Waals surface area contributed by atoms with Crippen LogP contribution in [-0.2, 0) is 0 Å². The summed E-state index contributed by atoms with van der Waals surface area (Å²) in [5.74, 6) is 0. The lowest BCUT2D eigenvalue weighted by atomic mass is 10.1. The van der Waals surface area contributed by atoms with E-state index in [4.69, 9.17) is 5.73 Å². The number of aryl methyl sites for hydroxylation is 1. The van der Waals surface area contributed by atoms with Crippen LogP contribution in [0, 0.1) is 6.92 Å². The smallest absolute Gasteiger partial charge is 0.262 e. The summed E-state index contributed by atoms with van der Waals surface area (Å²) in [6.07, 6.45) is 1.15. The van der Waals surface area contributed by atoms with Crippen LogP contribution in [0.15, 0.2) is 29.3 Å². The Morgan fingerprint density at radius 3 is 2.87 bits per heavy atom. The Labute approximate surface area is 87.4 Å². The van der Waals surface area contributed by atoms with Gasteiger partial charge in [0.05, 0.1) is 23.4 Å². The highest BCUT2D eigenvalue weighted by molar-refractivity contribution is 5.80. The third kappa shape index (κ3) is 1.53. The average molecular weight is 203 g/mol. The molecule has 1 aromatic carbocycles. The molecule has 1 atom stereocenters. The minimum atomic E-state index is -0.352. The van der Waals surface area contributed by atoms with Crippen molar-refractivity contribution in [2.24, 2.45) is 5.73 Å². The van der Waals surface area contributed by atoms with E-state index in [9.17, 15) is 4.79 Å². The molecule has 0 aliphatic rings. The SMILES string of the molecule is Cc1cccc2c(=O)n(C(C)N)cnc12. The molecule has 4 heteroatoms. The van der Waals surface area contributed by atoms with E-state index in [1.807, 2.05) is 19.1 Å². The van der Waals surface area contributed by atoms with Gasteiger partial charge in [-0.25, -0.2) is 4.98 Å². The summed E-state index contributed by atoms with van der Waals surface area (Å²) in [6, 6.07) is 5.56. The van der Waals surface area contributed by atoms with Crippen molar-refractivity contribution in [2.45, 2.75) is 20.0 Å². The summed E-state index contributed by atoms with van der Waals surface area (Å²) in [5, 5.41) is 0.620. The minimum absolute atomic E-state index is 0.0845. The molecule has 0 amide bonds. The van der Waals surface area contributed by atoms with Crippen LogP contribution in [0.25, 0.3) is 10.9 Å². The Morgan fingerprint density at radius 2 is 2.20 bits per heavy atom. The van der Waals surface area contributed by atoms with Gasteiger partial charge in [0.15, 0.2) is 0 Å². The molecule has 2 aromatic rings. The van der Waals surface area contributed by atoms with Gasteiger partial charge in [-0.1, -0.05) is 12.1 Å². The molecular weight excluding hydrogens is 190 g/mol. The van der Waals surface area contributed by atoms with E-state index in [0.717, 1.165) is 11.1 Å². The van der Waals surface area contributed by atoms with E-state index in [0.29, 0.717) is 5.39 Å². The lowest BCUT2D eigenvalue weighted by molar-refractivity contribution is 0.547. The number of hydrogen-bond acceptors (Lipinski definition) is 3. The second-order valence-electron chi connectivity index (χ2n) is 3.67. The van der Waals surface area contributed by atoms with E-state index in [1.165, 1.54) is 10.9 Å². The van der Waals surface area contributed by atoms with E-state index < -0.39 is 0 Å². The summed E-state index contributed by atoms with van der Waals surface area (Å²) in [6.45, 7) is 3.69. The van der Waals surface area contributed by atoms with Gasteiger partial charge in [-0.05, 0) is 25.5 Å². The largest absolute Gasteiger partial charge is 0.311 e. The van der Waals surface area contributed by atoms with Crippen LogP contribution in [0.5, 0.6) is 0 Å². The van der Waals surface area contributed by atoms with Crippen LogP contribution in [0.2, 0.25) is 0 Å². The lowest BCUT2D eigenvalue weighted by Crippen LogP contribution is -2.28. The molecular formula is C11H13N3O. The van der Waals surface area contributed by atoms with Gasteiger partial charge in [-0.15, -0.1) is 0 Å². The van der Waals surface area contributed by atoms with Crippen molar-refractivity contribution in [2.75, 3.05) is 0 Å². The van der Waals surface area contributed by atoms with Crippen molar-refractivity contribution in [1.29, 1.82) is 0 Å². The van der Waals surface area contributed by atoms with Crippen LogP contribution in [0.3, 0.4) is 0 Å². The molecule has 15 heavy (non-hydrogen) atoms. The van der Waals surface area contributed by atoms with Crippen molar-refractivity contribution in [3.05, 3.63) is 40.4 Å². The van der Waals surface area contributed by atoms with E-state index in [1.54, 1.807) is 13.0 Å². The number of aromatic nitrogens is 2. The van der Waals surface area contributed by atoms with Gasteiger partial charge in [-0.2, -0.15) is 0 Å². The molecule has 0 aliphatic heterocycles. The fourth-order valence-electron chi connectivity index (χ4n) is 1.60. The maximum atomic E-state index is 12.0. The monoisotopic (exact) mass is 203 g/mol. The standard InChI is InChI=1S/C11H13N3O/c1-7-4-3-5-9-10(7)13-6-14(8(2)12)11(9)15/h3-6,8H,12H2,1-2H3. The van der Waals surface area contributed by atoms with E-state index in [2.05, 4.69) is 4.98 Å². The zero-order valence-corrected chi connectivity index (χ0v) is 8.77. The molecule has 0 spiro atoms. The molecule has 1 heterocycles. The zero-order chi connectivity index (χ0) is 11.0. The van der Waals surface area contributed by atoms with Crippen molar-refractivity contribution in [3.63, 3.8) is 0 Å². The van der Waals surface area contributed by atoms with Crippen molar-refractivity contribution in [1.82, 2.24) is 9.55 Å². The second kappa shape index (κ2) is 3.47. The molecule has 0 radical (unpaired) electrons. The molecule has 0 aliphatic carbocycles. The number of fused-ring (bicyclic) bond motifs is 1. The quantitative estimate of drug-likeness (QED) is 0.757. The third-order valence-corrected chi connectivity index (χ3v) is 2.45. The summed E-state index contributed by atoms with van der Waals surface area (Å²) in [7, 11) is 0. The topological polar surface area (TPSA) is 60.9 Å². The van der Waals surface area contributed by atoms with Gasteiger partial charge in [0.1, 0.15) is 0 Å². The first-order chi connectivity index (χ1) is 7.11. The van der Waals surface area contributed by atoms with Crippen LogP contribution in [-0.4, -0.2) is 9.55 Å². The van der Waals surface area contributed by atoms with E-state index in [-0.39, 0.29) is 11.7 Å². The molecule has 0 fully saturated rings. The molecule has 0 bridgehead atoms. The van der Waals surface area contributed by atoms with Crippen molar-refractivity contribution in [3.8, 4) is 0 Å². The first-order valence-corrected chi connectivity index (χ1v) is 4.83. The first kappa shape index (κ1) is 9.86. The van der Waals surface area contributed by atoms with Gasteiger partial charge in [0.2, 0.25) is 0 Å². The number of nitrogens with zero attached hydrogens (tertiary/aromatic N) is 2. The Balaban J connectivity index is 2.86. The fraction of sp³-hybridized carbons (Fsp3) is 0.273. The highest BCUT2D eigenvalue weighted by atomic mass is 16.1. The van der Waals surface area contributed by atoms with Crippen LogP contribution >= 0.6 is 0 Å². The summed E-state index contributed by atoms with van der Waals surface area (Å²) in [4.78, 5) is 16.2. The minimum Gasteiger partial charge on any atom is -0.311 e. The zero-order valence-electron chi connectivity index (χ0n) is 8.77. The first-order valence-electron chi connectivity index (χ1n) is 4.83. The molecule has 0 saturated carbocycles. The van der Waals surface area contributed by atoms with Crippen LogP contribution in [0.4, 0.5) is 0 Å². The highest BCUT2D eigenvalue weighted by Gasteiger charge is 2.07. The Bertz CT molecular complexity index is 557. The summed E-state index contributed by atoms with van der Waals surface area (Å²) >= 11 is 0. The van der Waals surface area contributed by atoms with Gasteiger partial charge in [-0.3, -0.25) is 9.36 Å². The van der Waals surface area contributed by atoms with Crippen LogP contribution in [0.1, 0.15) is 18.7 Å². The molecule has 1 aromatic heterocycles. The van der Waals surface area contributed by atoms with Gasteiger partial charge < -0.3 is 5.73 Å². The van der Waals surface area contributed by atoms with Crippen molar-refractivity contribution >= 4 is 10.9 Å². The highest BCUT2D eigenvalue weighted by Crippen LogP contribution is 2.11. The van der Waals surface area contributed by atoms with E-state index >= 15 is 0 Å². The second-order valence-corrected chi connectivity index (χ2v) is 3.67. The van der Waals surface area contributed by atoms with Crippen LogP contribution < -0.4 is 11.3 Å².